The molecule has 3 heterocycles. The summed E-state index contributed by atoms with van der Waals surface area (Å²) in [6.45, 7) is 0. The molecular formula is C50H33N3O. The summed E-state index contributed by atoms with van der Waals surface area (Å²) in [5, 5.41) is 2.42. The molecule has 254 valence electrons. The highest BCUT2D eigenvalue weighted by Gasteiger charge is 2.26. The van der Waals surface area contributed by atoms with E-state index in [0.29, 0.717) is 5.82 Å². The number of hydrogen-bond donors (Lipinski definition) is 0. The van der Waals surface area contributed by atoms with Gasteiger partial charge in [-0.25, -0.2) is 9.97 Å². The van der Waals surface area contributed by atoms with Crippen LogP contribution in [-0.2, 0) is 6.42 Å². The Morgan fingerprint density at radius 2 is 1.17 bits per heavy atom. The summed E-state index contributed by atoms with van der Waals surface area (Å²) in [6, 6.07) is 60.2. The van der Waals surface area contributed by atoms with Crippen LogP contribution in [-0.4, -0.2) is 14.5 Å². The number of aromatic nitrogens is 3. The summed E-state index contributed by atoms with van der Waals surface area (Å²) in [7, 11) is 0. The fraction of sp³-hybridized carbons (Fsp3) is 0.0400. The van der Waals surface area contributed by atoms with E-state index in [0.717, 1.165) is 74.7 Å². The van der Waals surface area contributed by atoms with E-state index in [2.05, 4.69) is 168 Å². The quantitative estimate of drug-likeness (QED) is 0.180. The zero-order chi connectivity index (χ0) is 35.6. The van der Waals surface area contributed by atoms with Crippen LogP contribution >= 0.6 is 0 Å². The van der Waals surface area contributed by atoms with Gasteiger partial charge in [0.25, 0.3) is 0 Å². The van der Waals surface area contributed by atoms with Gasteiger partial charge in [-0.05, 0) is 89.7 Å². The first kappa shape index (κ1) is 30.6. The monoisotopic (exact) mass is 691 g/mol. The van der Waals surface area contributed by atoms with E-state index < -0.39 is 0 Å². The van der Waals surface area contributed by atoms with Crippen LogP contribution in [0.15, 0.2) is 176 Å². The minimum absolute atomic E-state index is 0.693. The number of benzene rings is 7. The maximum atomic E-state index is 6.46. The maximum absolute atomic E-state index is 6.46. The SMILES string of the molecule is C1=C2Oc3ccc(-c4ccc5c(c4)c4ccccc4n5-c4cccc(-c5nc(-c6ccccc6)cc(-c6ccccc6)n5)c4)cc3-c3cccc(c32)CC1. The van der Waals surface area contributed by atoms with Gasteiger partial charge in [0.05, 0.1) is 22.4 Å². The van der Waals surface area contributed by atoms with Gasteiger partial charge >= 0.3 is 0 Å². The van der Waals surface area contributed by atoms with Crippen LogP contribution < -0.4 is 4.74 Å². The summed E-state index contributed by atoms with van der Waals surface area (Å²) in [5.41, 5.74) is 15.6. The van der Waals surface area contributed by atoms with E-state index in [1.54, 1.807) is 0 Å². The fourth-order valence-corrected chi connectivity index (χ4v) is 8.31. The molecule has 0 spiro atoms. The topological polar surface area (TPSA) is 39.9 Å². The van der Waals surface area contributed by atoms with Gasteiger partial charge in [-0.3, -0.25) is 0 Å². The van der Waals surface area contributed by atoms with Crippen LogP contribution in [0.4, 0.5) is 0 Å². The zero-order valence-corrected chi connectivity index (χ0v) is 29.4. The standard InChI is InChI=1S/C50H33N3O/c1-3-12-32(13-4-1)43-31-44(33-14-5-2-6-15-33)52-50(51-43)37-18-9-19-38(28-37)53-45-22-8-7-20-39(45)41-29-35(24-26-46(41)53)36-25-27-47-42(30-36)40-21-10-16-34-17-11-23-48(54-47)49(34)40/h1-10,12-16,18-31H,11,17H2. The third-order valence-corrected chi connectivity index (χ3v) is 10.9. The smallest absolute Gasteiger partial charge is 0.160 e. The lowest BCUT2D eigenvalue weighted by Crippen LogP contribution is -2.11. The van der Waals surface area contributed by atoms with Crippen molar-refractivity contribution < 1.29 is 4.74 Å². The first-order valence-electron chi connectivity index (χ1n) is 18.5. The van der Waals surface area contributed by atoms with E-state index in [-0.39, 0.29) is 0 Å². The molecule has 2 aromatic heterocycles. The Bertz CT molecular complexity index is 2900. The largest absolute Gasteiger partial charge is 0.456 e. The Morgan fingerprint density at radius 3 is 1.98 bits per heavy atom. The average molecular weight is 692 g/mol. The molecule has 0 atom stereocenters. The van der Waals surface area contributed by atoms with Gasteiger partial charge in [0.2, 0.25) is 0 Å². The van der Waals surface area contributed by atoms with Crippen molar-refractivity contribution in [2.75, 3.05) is 0 Å². The number of nitrogens with zero attached hydrogens (tertiary/aromatic N) is 3. The minimum Gasteiger partial charge on any atom is -0.456 e. The molecule has 0 fully saturated rings. The van der Waals surface area contributed by atoms with Crippen LogP contribution in [0, 0.1) is 0 Å². The summed E-state index contributed by atoms with van der Waals surface area (Å²) >= 11 is 0. The lowest BCUT2D eigenvalue weighted by molar-refractivity contribution is 0.505. The van der Waals surface area contributed by atoms with Crippen molar-refractivity contribution in [3.63, 3.8) is 0 Å². The van der Waals surface area contributed by atoms with Crippen LogP contribution in [0.1, 0.15) is 17.5 Å². The van der Waals surface area contributed by atoms with Crippen molar-refractivity contribution in [2.45, 2.75) is 12.8 Å². The fourth-order valence-electron chi connectivity index (χ4n) is 8.31. The highest BCUT2D eigenvalue weighted by atomic mass is 16.5. The Morgan fingerprint density at radius 1 is 0.481 bits per heavy atom. The van der Waals surface area contributed by atoms with Crippen molar-refractivity contribution in [1.29, 1.82) is 0 Å². The normalized spacial score (nSPS) is 12.9. The maximum Gasteiger partial charge on any atom is 0.160 e. The van der Waals surface area contributed by atoms with Gasteiger partial charge in [-0.1, -0.05) is 121 Å². The lowest BCUT2D eigenvalue weighted by atomic mass is 9.86. The number of para-hydroxylation sites is 1. The molecule has 54 heavy (non-hydrogen) atoms. The second kappa shape index (κ2) is 12.3. The highest BCUT2D eigenvalue weighted by Crippen LogP contribution is 2.47. The van der Waals surface area contributed by atoms with E-state index in [1.807, 2.05) is 12.1 Å². The zero-order valence-electron chi connectivity index (χ0n) is 29.4. The number of allylic oxidation sites excluding steroid dienone is 1. The number of aryl methyl sites for hydroxylation is 1. The third kappa shape index (κ3) is 4.99. The molecule has 0 unspecified atom stereocenters. The molecule has 7 aromatic carbocycles. The Hall–Kier alpha value is -7.04. The van der Waals surface area contributed by atoms with Crippen molar-refractivity contribution in [3.8, 4) is 67.6 Å². The Balaban J connectivity index is 1.03. The number of fused-ring (bicyclic) bond motifs is 5. The molecule has 11 rings (SSSR count). The number of ether oxygens (including phenoxy) is 1. The third-order valence-electron chi connectivity index (χ3n) is 10.9. The molecule has 9 aromatic rings. The van der Waals surface area contributed by atoms with E-state index in [4.69, 9.17) is 14.7 Å². The molecule has 1 aliphatic carbocycles. The molecule has 0 saturated heterocycles. The summed E-state index contributed by atoms with van der Waals surface area (Å²) in [5.74, 6) is 2.61. The van der Waals surface area contributed by atoms with Gasteiger partial charge in [0.15, 0.2) is 5.82 Å². The second-order valence-corrected chi connectivity index (χ2v) is 14.1. The van der Waals surface area contributed by atoms with Crippen LogP contribution in [0.5, 0.6) is 5.75 Å². The average Bonchev–Trinajstić information content (AvgIpc) is 3.58. The molecule has 1 aliphatic heterocycles. The van der Waals surface area contributed by atoms with Gasteiger partial charge in [0, 0.05) is 44.3 Å². The van der Waals surface area contributed by atoms with Gasteiger partial charge in [0.1, 0.15) is 11.5 Å². The second-order valence-electron chi connectivity index (χ2n) is 14.1. The molecule has 4 nitrogen and oxygen atoms in total. The van der Waals surface area contributed by atoms with Crippen LogP contribution in [0.25, 0.3) is 89.4 Å². The summed E-state index contributed by atoms with van der Waals surface area (Å²) in [4.78, 5) is 10.2. The van der Waals surface area contributed by atoms with Crippen LogP contribution in [0.3, 0.4) is 0 Å². The first-order chi connectivity index (χ1) is 26.7. The lowest BCUT2D eigenvalue weighted by Gasteiger charge is -2.28. The van der Waals surface area contributed by atoms with Crippen molar-refractivity contribution in [3.05, 3.63) is 187 Å². The molecule has 0 bridgehead atoms. The Labute approximate surface area is 313 Å². The molecular weight excluding hydrogens is 659 g/mol. The summed E-state index contributed by atoms with van der Waals surface area (Å²) < 4.78 is 8.82. The van der Waals surface area contributed by atoms with Gasteiger partial charge in [-0.2, -0.15) is 0 Å². The van der Waals surface area contributed by atoms with Crippen molar-refractivity contribution in [1.82, 2.24) is 14.5 Å². The minimum atomic E-state index is 0.693. The van der Waals surface area contributed by atoms with Crippen LogP contribution in [0.2, 0.25) is 0 Å². The number of rotatable bonds is 5. The molecule has 0 amide bonds. The molecule has 0 saturated carbocycles. The first-order valence-corrected chi connectivity index (χ1v) is 18.5. The molecule has 0 N–H and O–H groups in total. The van der Waals surface area contributed by atoms with E-state index in [9.17, 15) is 0 Å². The van der Waals surface area contributed by atoms with Gasteiger partial charge < -0.3 is 9.30 Å². The van der Waals surface area contributed by atoms with E-state index in [1.165, 1.54) is 38.6 Å². The molecule has 0 radical (unpaired) electrons. The Kier molecular flexibility index (Phi) is 6.96. The van der Waals surface area contributed by atoms with E-state index >= 15 is 0 Å². The predicted molar refractivity (Wildman–Crippen MR) is 220 cm³/mol. The molecule has 2 aliphatic rings. The summed E-state index contributed by atoms with van der Waals surface area (Å²) in [6.07, 6.45) is 4.30. The van der Waals surface area contributed by atoms with Crippen molar-refractivity contribution in [2.24, 2.45) is 0 Å². The van der Waals surface area contributed by atoms with Crippen molar-refractivity contribution >= 4 is 27.6 Å². The van der Waals surface area contributed by atoms with Gasteiger partial charge in [-0.15, -0.1) is 0 Å². The molecule has 4 heteroatoms. The predicted octanol–water partition coefficient (Wildman–Crippen LogP) is 12.6. The number of hydrogen-bond acceptors (Lipinski definition) is 3. The highest BCUT2D eigenvalue weighted by molar-refractivity contribution is 6.10.